The minimum absolute atomic E-state index is 0.132. The zero-order valence-electron chi connectivity index (χ0n) is 16.0. The normalized spacial score (nSPS) is 32.4. The van der Waals surface area contributed by atoms with Crippen LogP contribution in [0.5, 0.6) is 0 Å². The predicted molar refractivity (Wildman–Crippen MR) is 89.0 cm³/mol. The second-order valence-electron chi connectivity index (χ2n) is 6.39. The van der Waals surface area contributed by atoms with E-state index in [2.05, 4.69) is 16.0 Å². The van der Waals surface area contributed by atoms with Crippen molar-refractivity contribution in [2.24, 2.45) is 0 Å². The Labute approximate surface area is 157 Å². The van der Waals surface area contributed by atoms with E-state index in [0.717, 1.165) is 7.11 Å². The van der Waals surface area contributed by atoms with Gasteiger partial charge in [-0.2, -0.15) is 0 Å². The first-order valence-corrected chi connectivity index (χ1v) is 8.27. The number of fused-ring (bicyclic) bond motifs is 1. The van der Waals surface area contributed by atoms with Crippen LogP contribution in [0.3, 0.4) is 0 Å². The minimum atomic E-state index is -1.49. The number of rotatable bonds is 8. The standard InChI is InChI=1S/C17H25NO9/c1-7-17(24-9-21-5)10(25-15-12(17)26-16(2,3)27-15)8-23-11(13(19)18-4)14(20)22-6/h1,10-12,15H,8-9H2,2-6H3,(H,18,19)/t10-,11?,12+,15-,17-/m1/s1. The van der Waals surface area contributed by atoms with Crippen LogP contribution >= 0.6 is 0 Å². The molecule has 2 fully saturated rings. The zero-order chi connectivity index (χ0) is 20.2. The molecule has 0 radical (unpaired) electrons. The number of terminal acetylenes is 1. The Morgan fingerprint density at radius 3 is 2.56 bits per heavy atom. The van der Waals surface area contributed by atoms with E-state index < -0.39 is 47.9 Å². The van der Waals surface area contributed by atoms with Gasteiger partial charge in [0.05, 0.1) is 13.7 Å². The lowest BCUT2D eigenvalue weighted by Crippen LogP contribution is -2.53. The summed E-state index contributed by atoms with van der Waals surface area (Å²) >= 11 is 0. The average molecular weight is 387 g/mol. The molecule has 2 saturated heterocycles. The van der Waals surface area contributed by atoms with E-state index in [-0.39, 0.29) is 13.4 Å². The molecule has 0 saturated carbocycles. The molecule has 2 aliphatic rings. The van der Waals surface area contributed by atoms with Gasteiger partial charge in [0.15, 0.2) is 23.8 Å². The highest BCUT2D eigenvalue weighted by atomic mass is 16.9. The topological polar surface area (TPSA) is 111 Å². The number of ether oxygens (including phenoxy) is 7. The van der Waals surface area contributed by atoms with Crippen LogP contribution in [0.15, 0.2) is 0 Å². The van der Waals surface area contributed by atoms with Crippen LogP contribution in [0.1, 0.15) is 13.8 Å². The molecular weight excluding hydrogens is 362 g/mol. The van der Waals surface area contributed by atoms with Gasteiger partial charge in [-0.15, -0.1) is 6.42 Å². The lowest BCUT2D eigenvalue weighted by Gasteiger charge is -2.33. The third kappa shape index (κ3) is 4.24. The first-order valence-electron chi connectivity index (χ1n) is 8.27. The maximum Gasteiger partial charge on any atom is 0.344 e. The van der Waals surface area contributed by atoms with Gasteiger partial charge in [0.2, 0.25) is 6.10 Å². The van der Waals surface area contributed by atoms with Crippen molar-refractivity contribution in [3.8, 4) is 12.3 Å². The molecule has 0 spiro atoms. The van der Waals surface area contributed by atoms with E-state index in [1.807, 2.05) is 0 Å². The van der Waals surface area contributed by atoms with Crippen LogP contribution in [0.25, 0.3) is 0 Å². The molecule has 10 heteroatoms. The van der Waals surface area contributed by atoms with Crippen molar-refractivity contribution < 1.29 is 42.7 Å². The summed E-state index contributed by atoms with van der Waals surface area (Å²) in [5.41, 5.74) is -1.40. The van der Waals surface area contributed by atoms with E-state index in [4.69, 9.17) is 34.8 Å². The highest BCUT2D eigenvalue weighted by Crippen LogP contribution is 2.45. The van der Waals surface area contributed by atoms with E-state index in [1.165, 1.54) is 14.2 Å². The van der Waals surface area contributed by atoms with E-state index in [9.17, 15) is 9.59 Å². The summed E-state index contributed by atoms with van der Waals surface area (Å²) in [7, 11) is 3.96. The molecule has 152 valence electrons. The molecule has 0 aromatic carbocycles. The van der Waals surface area contributed by atoms with Gasteiger partial charge in [0, 0.05) is 14.2 Å². The number of carbonyl (C=O) groups is 2. The summed E-state index contributed by atoms with van der Waals surface area (Å²) in [6, 6.07) is 0. The Bertz CT molecular complexity index is 586. The summed E-state index contributed by atoms with van der Waals surface area (Å²) in [6.45, 7) is 3.06. The molecule has 27 heavy (non-hydrogen) atoms. The molecule has 2 aliphatic heterocycles. The molecule has 2 heterocycles. The number of hydrogen-bond donors (Lipinski definition) is 1. The molecule has 1 unspecified atom stereocenters. The summed E-state index contributed by atoms with van der Waals surface area (Å²) in [4.78, 5) is 23.7. The molecule has 0 aliphatic carbocycles. The van der Waals surface area contributed by atoms with Crippen molar-refractivity contribution in [3.63, 3.8) is 0 Å². The molecule has 1 N–H and O–H groups in total. The Hall–Kier alpha value is -1.74. The minimum Gasteiger partial charge on any atom is -0.467 e. The SMILES string of the molecule is C#C[C@@]1(OCOC)[C@@H](COC(C(=O)NC)C(=O)OC)O[C@@H]2OC(C)(C)O[C@@H]21. The number of amides is 1. The van der Waals surface area contributed by atoms with Crippen molar-refractivity contribution in [3.05, 3.63) is 0 Å². The first kappa shape index (κ1) is 21.6. The van der Waals surface area contributed by atoms with Gasteiger partial charge in [-0.1, -0.05) is 5.92 Å². The Balaban J connectivity index is 2.20. The van der Waals surface area contributed by atoms with Crippen molar-refractivity contribution in [2.45, 2.75) is 49.8 Å². The van der Waals surface area contributed by atoms with Gasteiger partial charge < -0.3 is 38.5 Å². The molecule has 0 bridgehead atoms. The monoisotopic (exact) mass is 387 g/mol. The smallest absolute Gasteiger partial charge is 0.344 e. The van der Waals surface area contributed by atoms with Crippen molar-refractivity contribution >= 4 is 11.9 Å². The number of esters is 1. The number of carbonyl (C=O) groups excluding carboxylic acids is 2. The lowest BCUT2D eigenvalue weighted by atomic mass is 9.93. The van der Waals surface area contributed by atoms with E-state index >= 15 is 0 Å². The fourth-order valence-electron chi connectivity index (χ4n) is 2.95. The summed E-state index contributed by atoms with van der Waals surface area (Å²) in [6.07, 6.45) is 1.82. The number of nitrogens with one attached hydrogen (secondary N) is 1. The maximum absolute atomic E-state index is 11.9. The first-order chi connectivity index (χ1) is 12.7. The third-order valence-corrected chi connectivity index (χ3v) is 4.21. The largest absolute Gasteiger partial charge is 0.467 e. The lowest BCUT2D eigenvalue weighted by molar-refractivity contribution is -0.243. The van der Waals surface area contributed by atoms with Crippen LogP contribution in [0, 0.1) is 12.3 Å². The predicted octanol–water partition coefficient (Wildman–Crippen LogP) is -0.840. The number of hydrogen-bond acceptors (Lipinski definition) is 9. The summed E-state index contributed by atoms with van der Waals surface area (Å²) < 4.78 is 38.1. The molecule has 5 atom stereocenters. The van der Waals surface area contributed by atoms with Gasteiger partial charge in [0.25, 0.3) is 5.91 Å². The van der Waals surface area contributed by atoms with E-state index in [1.54, 1.807) is 13.8 Å². The van der Waals surface area contributed by atoms with Crippen LogP contribution in [-0.2, 0) is 42.7 Å². The second-order valence-corrected chi connectivity index (χ2v) is 6.39. The average Bonchev–Trinajstić information content (AvgIpc) is 3.09. The van der Waals surface area contributed by atoms with Crippen molar-refractivity contribution in [1.82, 2.24) is 5.32 Å². The summed E-state index contributed by atoms with van der Waals surface area (Å²) in [5, 5.41) is 2.33. The molecule has 0 aromatic rings. The number of methoxy groups -OCH3 is 2. The molecule has 1 amide bonds. The quantitative estimate of drug-likeness (QED) is 0.247. The van der Waals surface area contributed by atoms with Gasteiger partial charge in [-0.05, 0) is 13.8 Å². The number of likely N-dealkylation sites (N-methyl/N-ethyl adjacent to an activating group) is 1. The molecule has 10 nitrogen and oxygen atoms in total. The molecule has 0 aromatic heterocycles. The van der Waals surface area contributed by atoms with Crippen molar-refractivity contribution in [2.75, 3.05) is 34.7 Å². The zero-order valence-corrected chi connectivity index (χ0v) is 16.0. The van der Waals surface area contributed by atoms with Gasteiger partial charge in [-0.3, -0.25) is 4.79 Å². The Morgan fingerprint density at radius 2 is 2.00 bits per heavy atom. The Kier molecular flexibility index (Phi) is 6.80. The van der Waals surface area contributed by atoms with Crippen molar-refractivity contribution in [1.29, 1.82) is 0 Å². The van der Waals surface area contributed by atoms with Gasteiger partial charge >= 0.3 is 5.97 Å². The Morgan fingerprint density at radius 1 is 1.30 bits per heavy atom. The van der Waals surface area contributed by atoms with Gasteiger partial charge in [0.1, 0.15) is 12.9 Å². The maximum atomic E-state index is 11.9. The summed E-state index contributed by atoms with van der Waals surface area (Å²) in [5.74, 6) is 0.108. The molecular formula is C17H25NO9. The fraction of sp³-hybridized carbons (Fsp3) is 0.765. The molecule has 2 rings (SSSR count). The highest BCUT2D eigenvalue weighted by molar-refractivity contribution is 6.00. The van der Waals surface area contributed by atoms with Crippen LogP contribution in [0.4, 0.5) is 0 Å². The van der Waals surface area contributed by atoms with Crippen LogP contribution < -0.4 is 5.32 Å². The van der Waals surface area contributed by atoms with Gasteiger partial charge in [-0.25, -0.2) is 4.79 Å². The van der Waals surface area contributed by atoms with Crippen LogP contribution in [0.2, 0.25) is 0 Å². The third-order valence-electron chi connectivity index (χ3n) is 4.21. The highest BCUT2D eigenvalue weighted by Gasteiger charge is 2.64. The fourth-order valence-corrected chi connectivity index (χ4v) is 2.95. The van der Waals surface area contributed by atoms with E-state index in [0.29, 0.717) is 0 Å². The van der Waals surface area contributed by atoms with Crippen LogP contribution in [-0.4, -0.2) is 82.5 Å². The second kappa shape index (κ2) is 8.52.